The second-order valence-corrected chi connectivity index (χ2v) is 6.70. The molecule has 0 saturated carbocycles. The number of nitro groups is 1. The average molecular weight is 411 g/mol. The number of methoxy groups -OCH3 is 2. The third-order valence-electron chi connectivity index (χ3n) is 4.78. The van der Waals surface area contributed by atoms with Crippen LogP contribution >= 0.6 is 0 Å². The number of non-ortho nitro benzene ring substituents is 1. The third-order valence-corrected chi connectivity index (χ3v) is 4.78. The molecule has 1 atom stereocenters. The Bertz CT molecular complexity index is 1000. The van der Waals surface area contributed by atoms with E-state index in [2.05, 4.69) is 10.1 Å². The van der Waals surface area contributed by atoms with Crippen LogP contribution in [0.1, 0.15) is 12.5 Å². The molecule has 1 aliphatic heterocycles. The van der Waals surface area contributed by atoms with E-state index in [0.29, 0.717) is 29.4 Å². The first-order chi connectivity index (χ1) is 14.4. The fourth-order valence-electron chi connectivity index (χ4n) is 3.13. The lowest BCUT2D eigenvalue weighted by Crippen LogP contribution is -2.71. The van der Waals surface area contributed by atoms with Gasteiger partial charge < -0.3 is 9.47 Å². The number of rotatable bonds is 8. The van der Waals surface area contributed by atoms with Crippen LogP contribution in [-0.2, 0) is 11.2 Å². The molecule has 0 saturated heterocycles. The summed E-state index contributed by atoms with van der Waals surface area (Å²) in [6, 6.07) is 11.5. The van der Waals surface area contributed by atoms with Gasteiger partial charge in [-0.3, -0.25) is 19.9 Å². The average Bonchev–Trinajstić information content (AvgIpc) is 3.04. The van der Waals surface area contributed by atoms with Gasteiger partial charge in [0.1, 0.15) is 6.54 Å². The van der Waals surface area contributed by atoms with Gasteiger partial charge >= 0.3 is 0 Å². The van der Waals surface area contributed by atoms with Crippen LogP contribution in [0.25, 0.3) is 0 Å². The van der Waals surface area contributed by atoms with Crippen LogP contribution in [0.2, 0.25) is 0 Å². The summed E-state index contributed by atoms with van der Waals surface area (Å²) in [6.45, 7) is 2.41. The molecule has 0 fully saturated rings. The number of amides is 1. The minimum atomic E-state index is -0.495. The fraction of sp³-hybridized carbons (Fsp3) is 0.286. The maximum absolute atomic E-state index is 12.7. The summed E-state index contributed by atoms with van der Waals surface area (Å²) in [5, 5.41) is 16.4. The quantitative estimate of drug-likeness (QED) is 0.401. The van der Waals surface area contributed by atoms with Crippen molar-refractivity contribution >= 4 is 29.2 Å². The van der Waals surface area contributed by atoms with E-state index >= 15 is 0 Å². The number of benzene rings is 2. The molecule has 1 heterocycles. The third kappa shape index (κ3) is 4.45. The number of ether oxygens (including phenoxy) is 2. The molecule has 3 rings (SSSR count). The highest BCUT2D eigenvalue weighted by Gasteiger charge is 2.35. The number of nitrogens with one attached hydrogen (secondary N) is 1. The van der Waals surface area contributed by atoms with E-state index in [1.807, 2.05) is 18.2 Å². The van der Waals surface area contributed by atoms with E-state index in [-0.39, 0.29) is 11.6 Å². The molecule has 156 valence electrons. The molecular formula is C21H23N4O5+. The van der Waals surface area contributed by atoms with Gasteiger partial charge in [-0.2, -0.15) is 10.1 Å². The van der Waals surface area contributed by atoms with Crippen LogP contribution in [-0.4, -0.2) is 43.5 Å². The molecule has 0 aromatic heterocycles. The zero-order chi connectivity index (χ0) is 21.7. The van der Waals surface area contributed by atoms with Gasteiger partial charge in [-0.15, -0.1) is 0 Å². The molecule has 1 aliphatic rings. The Morgan fingerprint density at radius 3 is 2.50 bits per heavy atom. The van der Waals surface area contributed by atoms with Crippen molar-refractivity contribution < 1.29 is 24.2 Å². The molecule has 30 heavy (non-hydrogen) atoms. The summed E-state index contributed by atoms with van der Waals surface area (Å²) in [5.74, 6) is 0.646. The summed E-state index contributed by atoms with van der Waals surface area (Å²) in [7, 11) is 3.19. The predicted octanol–water partition coefficient (Wildman–Crippen LogP) is 1.34. The van der Waals surface area contributed by atoms with Crippen LogP contribution < -0.4 is 19.5 Å². The number of hydrogen-bond donors (Lipinski definition) is 1. The lowest BCUT2D eigenvalue weighted by atomic mass is 10.1. The predicted molar refractivity (Wildman–Crippen MR) is 112 cm³/mol. The first kappa shape index (κ1) is 21.0. The van der Waals surface area contributed by atoms with Crippen molar-refractivity contribution in [2.45, 2.75) is 13.3 Å². The Labute approximate surface area is 173 Å². The van der Waals surface area contributed by atoms with Crippen molar-refractivity contribution in [1.29, 1.82) is 0 Å². The molecular weight excluding hydrogens is 388 g/mol. The molecule has 0 bridgehead atoms. The van der Waals surface area contributed by atoms with Crippen molar-refractivity contribution in [3.05, 3.63) is 58.1 Å². The molecule has 0 radical (unpaired) electrons. The molecule has 1 amide bonds. The summed E-state index contributed by atoms with van der Waals surface area (Å²) in [6.07, 6.45) is 2.47. The van der Waals surface area contributed by atoms with Crippen molar-refractivity contribution in [1.82, 2.24) is 0 Å². The monoisotopic (exact) mass is 411 g/mol. The van der Waals surface area contributed by atoms with Crippen LogP contribution in [0, 0.1) is 16.0 Å². The zero-order valence-electron chi connectivity index (χ0n) is 17.0. The minimum Gasteiger partial charge on any atom is -0.493 e. The van der Waals surface area contributed by atoms with Crippen molar-refractivity contribution in [3.63, 3.8) is 0 Å². The van der Waals surface area contributed by atoms with Crippen molar-refractivity contribution in [2.75, 3.05) is 25.8 Å². The number of carbonyl (C=O) groups excluding carboxylic acids is 1. The molecule has 9 heteroatoms. The summed E-state index contributed by atoms with van der Waals surface area (Å²) >= 11 is 0. The first-order valence-electron chi connectivity index (χ1n) is 9.35. The van der Waals surface area contributed by atoms with Gasteiger partial charge in [-0.1, -0.05) is 6.07 Å². The van der Waals surface area contributed by atoms with Gasteiger partial charge in [-0.05, 0) is 36.8 Å². The zero-order valence-corrected chi connectivity index (χ0v) is 17.0. The summed E-state index contributed by atoms with van der Waals surface area (Å²) in [4.78, 5) is 26.2. The maximum Gasteiger partial charge on any atom is 0.269 e. The number of hydrazone groups is 1. The smallest absolute Gasteiger partial charge is 0.269 e. The van der Waals surface area contributed by atoms with Crippen LogP contribution in [0.3, 0.4) is 0 Å². The molecule has 0 aliphatic carbocycles. The van der Waals surface area contributed by atoms with E-state index < -0.39 is 10.8 Å². The summed E-state index contributed by atoms with van der Waals surface area (Å²) in [5.41, 5.74) is 2.18. The van der Waals surface area contributed by atoms with E-state index in [9.17, 15) is 14.9 Å². The molecule has 2 aromatic carbocycles. The highest BCUT2D eigenvalue weighted by Crippen LogP contribution is 2.27. The van der Waals surface area contributed by atoms with E-state index in [1.165, 1.54) is 29.3 Å². The highest BCUT2D eigenvalue weighted by atomic mass is 16.6. The van der Waals surface area contributed by atoms with E-state index in [1.54, 1.807) is 27.4 Å². The molecule has 2 aromatic rings. The number of anilines is 1. The second kappa shape index (κ2) is 9.17. The van der Waals surface area contributed by atoms with Crippen LogP contribution in [0.4, 0.5) is 11.4 Å². The van der Waals surface area contributed by atoms with Crippen LogP contribution in [0.5, 0.6) is 11.5 Å². The van der Waals surface area contributed by atoms with Gasteiger partial charge in [-0.25, -0.2) is 0 Å². The first-order valence-corrected chi connectivity index (χ1v) is 9.35. The SMILES string of the molecule is COc1ccc(CC[NH+]=C[C@@H]2C(=O)N(c3ccc([N+](=O)[O-])cc3)N=C2C)cc1OC. The van der Waals surface area contributed by atoms with Crippen molar-refractivity contribution in [3.8, 4) is 11.5 Å². The Hall–Kier alpha value is -3.75. The summed E-state index contributed by atoms with van der Waals surface area (Å²) < 4.78 is 10.5. The number of hydrogen-bond acceptors (Lipinski definition) is 6. The normalized spacial score (nSPS) is 16.1. The van der Waals surface area contributed by atoms with Crippen molar-refractivity contribution in [2.24, 2.45) is 11.0 Å². The van der Waals surface area contributed by atoms with Gasteiger partial charge in [0.2, 0.25) is 0 Å². The standard InChI is InChI=1S/C21H22N4O5/c1-14-18(13-22-11-10-15-4-9-19(29-2)20(12-15)30-3)21(26)24(23-14)16-5-7-17(8-6-16)25(27)28/h4-9,12-13,18H,10-11H2,1-3H3/p+1/t18-/m0/s1. The topological polar surface area (TPSA) is 108 Å². The second-order valence-electron chi connectivity index (χ2n) is 6.70. The Kier molecular flexibility index (Phi) is 6.41. The van der Waals surface area contributed by atoms with Gasteiger partial charge in [0.25, 0.3) is 11.6 Å². The van der Waals surface area contributed by atoms with Gasteiger partial charge in [0, 0.05) is 18.6 Å². The lowest BCUT2D eigenvalue weighted by molar-refractivity contribution is -0.452. The Balaban J connectivity index is 1.62. The molecule has 0 spiro atoms. The maximum atomic E-state index is 12.7. The Morgan fingerprint density at radius 1 is 1.17 bits per heavy atom. The Morgan fingerprint density at radius 2 is 1.87 bits per heavy atom. The highest BCUT2D eigenvalue weighted by molar-refractivity contribution is 6.22. The molecule has 9 nitrogen and oxygen atoms in total. The largest absolute Gasteiger partial charge is 0.493 e. The van der Waals surface area contributed by atoms with E-state index in [4.69, 9.17) is 9.47 Å². The van der Waals surface area contributed by atoms with E-state index in [0.717, 1.165) is 12.0 Å². The van der Waals surface area contributed by atoms with Gasteiger partial charge in [0.15, 0.2) is 23.6 Å². The van der Waals surface area contributed by atoms with Gasteiger partial charge in [0.05, 0.1) is 30.5 Å². The molecule has 1 N–H and O–H groups in total. The lowest BCUT2D eigenvalue weighted by Gasteiger charge is -2.11. The number of nitrogens with zero attached hydrogens (tertiary/aromatic N) is 3. The number of nitro benzene ring substituents is 1. The fourth-order valence-corrected chi connectivity index (χ4v) is 3.13. The molecule has 0 unspecified atom stereocenters. The minimum absolute atomic E-state index is 0.0361. The van der Waals surface area contributed by atoms with Crippen LogP contribution in [0.15, 0.2) is 47.6 Å². The number of carbonyl (C=O) groups is 1.